The molecule has 2 rings (SSSR count). The number of nitrogens with one attached hydrogen (secondary N) is 2. The molecule has 5 nitrogen and oxygen atoms in total. The quantitative estimate of drug-likeness (QED) is 0.791. The molecule has 2 aromatic rings. The summed E-state index contributed by atoms with van der Waals surface area (Å²) in [5, 5.41) is 3.37. The highest BCUT2D eigenvalue weighted by Crippen LogP contribution is 2.13. The van der Waals surface area contributed by atoms with Gasteiger partial charge < -0.3 is 5.32 Å². The van der Waals surface area contributed by atoms with Gasteiger partial charge in [0.05, 0.1) is 0 Å². The van der Waals surface area contributed by atoms with Gasteiger partial charge in [-0.2, -0.15) is 0 Å². The molecule has 0 bridgehead atoms. The molecule has 0 atom stereocenters. The lowest BCUT2D eigenvalue weighted by Crippen LogP contribution is -2.26. The molecule has 0 aliphatic carbocycles. The third-order valence-electron chi connectivity index (χ3n) is 3.10. The number of amides is 1. The second-order valence-corrected chi connectivity index (χ2v) is 6.73. The summed E-state index contributed by atoms with van der Waals surface area (Å²) in [6.07, 6.45) is 1.28. The van der Waals surface area contributed by atoms with Crippen molar-refractivity contribution in [3.8, 4) is 0 Å². The smallest absolute Gasteiger partial charge is 0.233 e. The summed E-state index contributed by atoms with van der Waals surface area (Å²) in [5.41, 5.74) is 0.819. The van der Waals surface area contributed by atoms with Crippen molar-refractivity contribution in [1.82, 2.24) is 4.72 Å². The summed E-state index contributed by atoms with van der Waals surface area (Å²) in [5.74, 6) is -2.62. The van der Waals surface area contributed by atoms with Crippen molar-refractivity contribution in [2.75, 3.05) is 11.9 Å². The molecule has 0 fully saturated rings. The predicted molar refractivity (Wildman–Crippen MR) is 92.0 cm³/mol. The van der Waals surface area contributed by atoms with Crippen molar-refractivity contribution in [2.45, 2.75) is 6.42 Å². The van der Waals surface area contributed by atoms with E-state index in [1.54, 1.807) is 24.3 Å². The fraction of sp³-hybridized carbons (Fsp3) is 0.118. The molecule has 0 heterocycles. The van der Waals surface area contributed by atoms with Gasteiger partial charge in [-0.05, 0) is 23.8 Å². The summed E-state index contributed by atoms with van der Waals surface area (Å²) in [4.78, 5) is 11.7. The van der Waals surface area contributed by atoms with Gasteiger partial charge in [-0.3, -0.25) is 4.79 Å². The Labute approximate surface area is 144 Å². The van der Waals surface area contributed by atoms with Crippen molar-refractivity contribution < 1.29 is 22.0 Å². The minimum Gasteiger partial charge on any atom is -0.326 e. The first-order chi connectivity index (χ1) is 11.9. The van der Waals surface area contributed by atoms with Crippen LogP contribution >= 0.6 is 0 Å². The van der Waals surface area contributed by atoms with Gasteiger partial charge in [-0.15, -0.1) is 0 Å². The zero-order chi connectivity index (χ0) is 18.3. The zero-order valence-corrected chi connectivity index (χ0v) is 13.9. The van der Waals surface area contributed by atoms with Gasteiger partial charge >= 0.3 is 0 Å². The first kappa shape index (κ1) is 18.8. The summed E-state index contributed by atoms with van der Waals surface area (Å²) >= 11 is 0. The number of rotatable bonds is 7. The fourth-order valence-electron chi connectivity index (χ4n) is 1.88. The Balaban J connectivity index is 1.81. The van der Waals surface area contributed by atoms with Crippen molar-refractivity contribution in [3.05, 3.63) is 71.1 Å². The maximum Gasteiger partial charge on any atom is 0.233 e. The summed E-state index contributed by atoms with van der Waals surface area (Å²) in [7, 11) is -3.68. The maximum atomic E-state index is 13.0. The van der Waals surface area contributed by atoms with Crippen LogP contribution in [-0.2, 0) is 14.8 Å². The molecule has 2 aromatic carbocycles. The molecule has 1 amide bonds. The van der Waals surface area contributed by atoms with Crippen molar-refractivity contribution in [3.63, 3.8) is 0 Å². The Hall–Kier alpha value is -2.58. The molecule has 25 heavy (non-hydrogen) atoms. The number of sulfonamides is 1. The average molecular weight is 366 g/mol. The monoisotopic (exact) mass is 366 g/mol. The number of hydrogen-bond acceptors (Lipinski definition) is 3. The van der Waals surface area contributed by atoms with Crippen molar-refractivity contribution >= 4 is 27.7 Å². The number of carbonyl (C=O) groups is 1. The van der Waals surface area contributed by atoms with E-state index in [1.165, 1.54) is 12.1 Å². The Morgan fingerprint density at radius 2 is 1.76 bits per heavy atom. The van der Waals surface area contributed by atoms with Crippen molar-refractivity contribution in [2.24, 2.45) is 0 Å². The molecule has 0 saturated heterocycles. The van der Waals surface area contributed by atoms with Gasteiger partial charge in [0.15, 0.2) is 11.6 Å². The fourth-order valence-corrected chi connectivity index (χ4v) is 2.70. The number of hydrogen-bond donors (Lipinski definition) is 2. The molecule has 0 unspecified atom stereocenters. The molecule has 8 heteroatoms. The van der Waals surface area contributed by atoms with Crippen LogP contribution in [-0.4, -0.2) is 20.9 Å². The van der Waals surface area contributed by atoms with Crippen molar-refractivity contribution in [1.29, 1.82) is 0 Å². The van der Waals surface area contributed by atoms with Crippen LogP contribution in [0.2, 0.25) is 0 Å². The van der Waals surface area contributed by atoms with E-state index in [2.05, 4.69) is 10.0 Å². The normalized spacial score (nSPS) is 11.6. The highest BCUT2D eigenvalue weighted by Gasteiger charge is 2.09. The van der Waals surface area contributed by atoms with Gasteiger partial charge in [-0.1, -0.05) is 30.3 Å². The van der Waals surface area contributed by atoms with E-state index in [4.69, 9.17) is 0 Å². The van der Waals surface area contributed by atoms with Crippen LogP contribution < -0.4 is 10.0 Å². The lowest BCUT2D eigenvalue weighted by Gasteiger charge is -2.06. The first-order valence-electron chi connectivity index (χ1n) is 7.33. The SMILES string of the molecule is O=C(CCNS(=O)(=O)/C=C/c1ccccc1)Nc1ccc(F)c(F)c1. The predicted octanol–water partition coefficient (Wildman–Crippen LogP) is 2.88. The van der Waals surface area contributed by atoms with Gasteiger partial charge in [0.25, 0.3) is 0 Å². The second kappa shape index (κ2) is 8.50. The molecule has 0 radical (unpaired) electrons. The topological polar surface area (TPSA) is 75.3 Å². The van der Waals surface area contributed by atoms with Crippen LogP contribution in [0.15, 0.2) is 53.9 Å². The molecule has 0 spiro atoms. The number of benzene rings is 2. The van der Waals surface area contributed by atoms with E-state index in [0.29, 0.717) is 0 Å². The van der Waals surface area contributed by atoms with Gasteiger partial charge in [0.2, 0.25) is 15.9 Å². The maximum absolute atomic E-state index is 13.0. The lowest BCUT2D eigenvalue weighted by atomic mass is 10.2. The van der Waals surface area contributed by atoms with Crippen LogP contribution in [0.4, 0.5) is 14.5 Å². The molecule has 0 aliphatic rings. The molecule has 0 aliphatic heterocycles. The standard InChI is InChI=1S/C17H16F2N2O3S/c18-15-7-6-14(12-16(15)19)21-17(22)8-10-20-25(23,24)11-9-13-4-2-1-3-5-13/h1-7,9,11-12,20H,8,10H2,(H,21,22)/b11-9+. The number of anilines is 1. The summed E-state index contributed by atoms with van der Waals surface area (Å²) < 4.78 is 51.7. The van der Waals surface area contributed by atoms with Crippen LogP contribution in [0.1, 0.15) is 12.0 Å². The van der Waals surface area contributed by atoms with Crippen LogP contribution in [0, 0.1) is 11.6 Å². The second-order valence-electron chi connectivity index (χ2n) is 5.08. The Bertz CT molecular complexity index is 869. The Kier molecular flexibility index (Phi) is 6.37. The highest BCUT2D eigenvalue weighted by molar-refractivity contribution is 7.92. The zero-order valence-electron chi connectivity index (χ0n) is 13.1. The largest absolute Gasteiger partial charge is 0.326 e. The van der Waals surface area contributed by atoms with E-state index < -0.39 is 27.6 Å². The minimum absolute atomic E-state index is 0.0933. The van der Waals surface area contributed by atoms with Crippen LogP contribution in [0.5, 0.6) is 0 Å². The molecule has 0 saturated carbocycles. The molecule has 0 aromatic heterocycles. The third-order valence-corrected chi connectivity index (χ3v) is 4.20. The van der Waals surface area contributed by atoms with E-state index in [0.717, 1.165) is 23.1 Å². The van der Waals surface area contributed by atoms with Gasteiger partial charge in [0, 0.05) is 30.1 Å². The van der Waals surface area contributed by atoms with E-state index >= 15 is 0 Å². The van der Waals surface area contributed by atoms with E-state index in [1.807, 2.05) is 6.07 Å². The van der Waals surface area contributed by atoms with Crippen LogP contribution in [0.3, 0.4) is 0 Å². The van der Waals surface area contributed by atoms with Gasteiger partial charge in [-0.25, -0.2) is 21.9 Å². The number of carbonyl (C=O) groups excluding carboxylic acids is 1. The Morgan fingerprint density at radius 3 is 2.44 bits per heavy atom. The Morgan fingerprint density at radius 1 is 1.04 bits per heavy atom. The minimum atomic E-state index is -3.68. The molecular formula is C17H16F2N2O3S. The number of halogens is 2. The summed E-state index contributed by atoms with van der Waals surface area (Å²) in [6, 6.07) is 11.8. The summed E-state index contributed by atoms with van der Waals surface area (Å²) in [6.45, 7) is -0.128. The van der Waals surface area contributed by atoms with E-state index in [-0.39, 0.29) is 18.7 Å². The van der Waals surface area contributed by atoms with E-state index in [9.17, 15) is 22.0 Å². The molecule has 2 N–H and O–H groups in total. The lowest BCUT2D eigenvalue weighted by molar-refractivity contribution is -0.116. The third kappa shape index (κ3) is 6.44. The molecular weight excluding hydrogens is 350 g/mol. The highest BCUT2D eigenvalue weighted by atomic mass is 32.2. The first-order valence-corrected chi connectivity index (χ1v) is 8.88. The van der Waals surface area contributed by atoms with Gasteiger partial charge in [0.1, 0.15) is 0 Å². The molecule has 132 valence electrons. The van der Waals surface area contributed by atoms with Crippen LogP contribution in [0.25, 0.3) is 6.08 Å². The average Bonchev–Trinajstić information content (AvgIpc) is 2.57.